The number of rotatable bonds is 10. The molecule has 3 aromatic rings. The topological polar surface area (TPSA) is 70.7 Å². The first-order chi connectivity index (χ1) is 16.4. The van der Waals surface area contributed by atoms with Gasteiger partial charge in [-0.15, -0.1) is 0 Å². The first kappa shape index (κ1) is 24.9. The molecule has 0 spiro atoms. The van der Waals surface area contributed by atoms with Gasteiger partial charge in [-0.3, -0.25) is 9.59 Å². The van der Waals surface area contributed by atoms with Crippen molar-refractivity contribution < 1.29 is 18.7 Å². The van der Waals surface area contributed by atoms with Gasteiger partial charge in [0, 0.05) is 17.8 Å². The van der Waals surface area contributed by atoms with Crippen molar-refractivity contribution in [3.8, 4) is 5.75 Å². The molecule has 6 nitrogen and oxygen atoms in total. The van der Waals surface area contributed by atoms with Crippen LogP contribution in [0.1, 0.15) is 40.1 Å². The molecule has 0 aliphatic carbocycles. The van der Waals surface area contributed by atoms with Crippen LogP contribution in [0.15, 0.2) is 66.7 Å². The summed E-state index contributed by atoms with van der Waals surface area (Å²) in [5.41, 5.74) is 2.04. The second kappa shape index (κ2) is 12.0. The van der Waals surface area contributed by atoms with E-state index in [1.54, 1.807) is 37.3 Å². The number of nitrogens with one attached hydrogen (secondary N) is 2. The Balaban J connectivity index is 1.71. The highest BCUT2D eigenvalue weighted by atomic mass is 19.1. The third kappa shape index (κ3) is 6.42. The van der Waals surface area contributed by atoms with Gasteiger partial charge in [-0.25, -0.2) is 4.39 Å². The molecule has 178 valence electrons. The van der Waals surface area contributed by atoms with E-state index in [0.717, 1.165) is 25.2 Å². The van der Waals surface area contributed by atoms with E-state index in [4.69, 9.17) is 4.74 Å². The lowest BCUT2D eigenvalue weighted by Crippen LogP contribution is -2.28. The zero-order chi connectivity index (χ0) is 24.5. The van der Waals surface area contributed by atoms with Crippen molar-refractivity contribution in [3.05, 3.63) is 89.2 Å². The monoisotopic (exact) mass is 463 g/mol. The van der Waals surface area contributed by atoms with E-state index in [1.807, 2.05) is 18.2 Å². The quantitative estimate of drug-likeness (QED) is 0.425. The molecule has 0 aliphatic rings. The Morgan fingerprint density at radius 2 is 1.56 bits per heavy atom. The third-order valence-electron chi connectivity index (χ3n) is 5.56. The minimum absolute atomic E-state index is 0.0625. The van der Waals surface area contributed by atoms with Gasteiger partial charge in [0.2, 0.25) is 0 Å². The van der Waals surface area contributed by atoms with Crippen molar-refractivity contribution in [2.45, 2.75) is 20.8 Å². The van der Waals surface area contributed by atoms with Crippen LogP contribution in [0.3, 0.4) is 0 Å². The van der Waals surface area contributed by atoms with Crippen molar-refractivity contribution in [1.29, 1.82) is 0 Å². The number of amides is 2. The molecule has 2 amide bonds. The number of halogens is 1. The van der Waals surface area contributed by atoms with Crippen LogP contribution < -0.4 is 15.4 Å². The molecule has 3 aromatic carbocycles. The van der Waals surface area contributed by atoms with Crippen LogP contribution in [0, 0.1) is 12.7 Å². The Bertz CT molecular complexity index is 1150. The fourth-order valence-corrected chi connectivity index (χ4v) is 3.45. The van der Waals surface area contributed by atoms with E-state index in [9.17, 15) is 14.0 Å². The number of hydrogen-bond acceptors (Lipinski definition) is 4. The lowest BCUT2D eigenvalue weighted by atomic mass is 10.1. The van der Waals surface area contributed by atoms with Gasteiger partial charge in [0.05, 0.1) is 11.3 Å². The van der Waals surface area contributed by atoms with E-state index in [2.05, 4.69) is 29.4 Å². The molecule has 34 heavy (non-hydrogen) atoms. The highest BCUT2D eigenvalue weighted by molar-refractivity contribution is 6.08. The lowest BCUT2D eigenvalue weighted by molar-refractivity contribution is 0.101. The van der Waals surface area contributed by atoms with Crippen LogP contribution in [-0.4, -0.2) is 43.0 Å². The molecule has 0 aliphatic heterocycles. The van der Waals surface area contributed by atoms with E-state index in [0.29, 0.717) is 29.3 Å². The van der Waals surface area contributed by atoms with Crippen molar-refractivity contribution in [2.75, 3.05) is 36.9 Å². The largest absolute Gasteiger partial charge is 0.490 e. The smallest absolute Gasteiger partial charge is 0.258 e. The Labute approximate surface area is 199 Å². The van der Waals surface area contributed by atoms with Gasteiger partial charge in [0.25, 0.3) is 11.8 Å². The molecule has 0 heterocycles. The molecule has 7 heteroatoms. The van der Waals surface area contributed by atoms with Crippen molar-refractivity contribution in [1.82, 2.24) is 4.90 Å². The van der Waals surface area contributed by atoms with E-state index < -0.39 is 11.7 Å². The predicted molar refractivity (Wildman–Crippen MR) is 133 cm³/mol. The van der Waals surface area contributed by atoms with Crippen LogP contribution in [0.4, 0.5) is 15.8 Å². The lowest BCUT2D eigenvalue weighted by Gasteiger charge is -2.19. The molecule has 0 fully saturated rings. The third-order valence-corrected chi connectivity index (χ3v) is 5.56. The maximum atomic E-state index is 14.0. The molecule has 0 unspecified atom stereocenters. The maximum Gasteiger partial charge on any atom is 0.258 e. The molecule has 2 N–H and O–H groups in total. The number of likely N-dealkylation sites (N-methyl/N-ethyl adjacent to an activating group) is 1. The van der Waals surface area contributed by atoms with Crippen LogP contribution in [0.5, 0.6) is 5.75 Å². The molecule has 0 atom stereocenters. The van der Waals surface area contributed by atoms with Gasteiger partial charge < -0.3 is 20.3 Å². The number of nitrogens with zero attached hydrogens (tertiary/aromatic N) is 1. The fraction of sp³-hybridized carbons (Fsp3) is 0.259. The second-order valence-corrected chi connectivity index (χ2v) is 7.79. The first-order valence-corrected chi connectivity index (χ1v) is 11.3. The Morgan fingerprint density at radius 3 is 2.29 bits per heavy atom. The summed E-state index contributed by atoms with van der Waals surface area (Å²) < 4.78 is 19.9. The Hall–Kier alpha value is -3.71. The van der Waals surface area contributed by atoms with E-state index in [1.165, 1.54) is 18.2 Å². The molecular formula is C27H30FN3O3. The van der Waals surface area contributed by atoms with Gasteiger partial charge in [-0.1, -0.05) is 44.2 Å². The van der Waals surface area contributed by atoms with Crippen LogP contribution in [0.25, 0.3) is 0 Å². The number of hydrogen-bond donors (Lipinski definition) is 2. The number of para-hydroxylation sites is 2. The molecule has 3 rings (SSSR count). The number of carbonyl (C=O) groups excluding carboxylic acids is 2. The molecule has 0 aromatic heterocycles. The summed E-state index contributed by atoms with van der Waals surface area (Å²) in [6, 6.07) is 18.0. The number of aryl methyl sites for hydroxylation is 1. The Morgan fingerprint density at radius 1 is 0.882 bits per heavy atom. The number of anilines is 2. The molecule has 0 bridgehead atoms. The summed E-state index contributed by atoms with van der Waals surface area (Å²) in [7, 11) is 0. The van der Waals surface area contributed by atoms with Gasteiger partial charge in [0.1, 0.15) is 18.2 Å². The highest BCUT2D eigenvalue weighted by Gasteiger charge is 2.15. The first-order valence-electron chi connectivity index (χ1n) is 11.3. The number of benzene rings is 3. The predicted octanol–water partition coefficient (Wildman–Crippen LogP) is 5.36. The maximum absolute atomic E-state index is 14.0. The summed E-state index contributed by atoms with van der Waals surface area (Å²) in [6.45, 7) is 9.20. The average molecular weight is 464 g/mol. The zero-order valence-corrected chi connectivity index (χ0v) is 19.7. The minimum Gasteiger partial charge on any atom is -0.490 e. The average Bonchev–Trinajstić information content (AvgIpc) is 2.84. The van der Waals surface area contributed by atoms with Gasteiger partial charge in [-0.05, 0) is 62.0 Å². The molecular weight excluding hydrogens is 433 g/mol. The van der Waals surface area contributed by atoms with Gasteiger partial charge >= 0.3 is 0 Å². The fourth-order valence-electron chi connectivity index (χ4n) is 3.45. The normalized spacial score (nSPS) is 10.7. The van der Waals surface area contributed by atoms with Crippen LogP contribution in [-0.2, 0) is 0 Å². The summed E-state index contributed by atoms with van der Waals surface area (Å²) in [5.74, 6) is -0.945. The number of carbonyl (C=O) groups is 2. The summed E-state index contributed by atoms with van der Waals surface area (Å²) in [4.78, 5) is 27.7. The molecule has 0 radical (unpaired) electrons. The van der Waals surface area contributed by atoms with E-state index in [-0.39, 0.29) is 11.5 Å². The minimum atomic E-state index is -0.607. The van der Waals surface area contributed by atoms with Crippen molar-refractivity contribution in [3.63, 3.8) is 0 Å². The second-order valence-electron chi connectivity index (χ2n) is 7.79. The summed E-state index contributed by atoms with van der Waals surface area (Å²) in [5, 5.41) is 5.58. The SMILES string of the molecule is CCN(CC)CCOc1ccccc1NC(=O)c1ccc(C)c(NC(=O)c2ccccc2F)c1. The summed E-state index contributed by atoms with van der Waals surface area (Å²) >= 11 is 0. The summed E-state index contributed by atoms with van der Waals surface area (Å²) in [6.07, 6.45) is 0. The Kier molecular flexibility index (Phi) is 8.76. The van der Waals surface area contributed by atoms with Gasteiger partial charge in [0.15, 0.2) is 0 Å². The molecule has 0 saturated carbocycles. The van der Waals surface area contributed by atoms with Gasteiger partial charge in [-0.2, -0.15) is 0 Å². The zero-order valence-electron chi connectivity index (χ0n) is 19.7. The number of ether oxygens (including phenoxy) is 1. The van der Waals surface area contributed by atoms with E-state index >= 15 is 0 Å². The van der Waals surface area contributed by atoms with Crippen LogP contribution in [0.2, 0.25) is 0 Å². The van der Waals surface area contributed by atoms with Crippen molar-refractivity contribution in [2.24, 2.45) is 0 Å². The van der Waals surface area contributed by atoms with Crippen LogP contribution >= 0.6 is 0 Å². The van der Waals surface area contributed by atoms with Crippen molar-refractivity contribution >= 4 is 23.2 Å². The highest BCUT2D eigenvalue weighted by Crippen LogP contribution is 2.25. The standard InChI is InChI=1S/C27H30FN3O3/c1-4-31(5-2)16-17-34-25-13-9-8-12-23(25)29-26(32)20-15-14-19(3)24(18-20)30-27(33)21-10-6-7-11-22(21)28/h6-15,18H,4-5,16-17H2,1-3H3,(H,29,32)(H,30,33). The molecule has 0 saturated heterocycles.